The van der Waals surface area contributed by atoms with Crippen LogP contribution in [0.15, 0.2) is 0 Å². The van der Waals surface area contributed by atoms with E-state index in [9.17, 15) is 0 Å². The molecule has 2 nitrogen and oxygen atoms in total. The summed E-state index contributed by atoms with van der Waals surface area (Å²) in [7, 11) is 4.04. The van der Waals surface area contributed by atoms with Crippen LogP contribution in [0.3, 0.4) is 0 Å². The van der Waals surface area contributed by atoms with Gasteiger partial charge in [-0.1, -0.05) is 0 Å². The van der Waals surface area contributed by atoms with E-state index in [4.69, 9.17) is 16.6 Å². The van der Waals surface area contributed by atoms with Gasteiger partial charge in [-0.15, -0.1) is 0 Å². The summed E-state index contributed by atoms with van der Waals surface area (Å²) in [5.41, 5.74) is 0. The fourth-order valence-electron chi connectivity index (χ4n) is 0.492. The molecule has 0 bridgehead atoms. The summed E-state index contributed by atoms with van der Waals surface area (Å²) in [4.78, 5) is 0. The Hall–Kier alpha value is 0.415. The van der Waals surface area contributed by atoms with Crippen molar-refractivity contribution in [2.24, 2.45) is 0 Å². The van der Waals surface area contributed by atoms with Crippen LogP contribution >= 0.6 is 8.25 Å². The largest absolute Gasteiger partial charge is 0.440 e. The highest BCUT2D eigenvalue weighted by atomic mass is 31.2. The van der Waals surface area contributed by atoms with Gasteiger partial charge in [0.1, 0.15) is 0 Å². The van der Waals surface area contributed by atoms with Crippen LogP contribution in [0.2, 0.25) is 0 Å². The number of hydrogen-bond acceptors (Lipinski definition) is 2. The molecule has 0 heterocycles. The van der Waals surface area contributed by atoms with Crippen LogP contribution in [0.1, 0.15) is 27.7 Å². The van der Waals surface area contributed by atoms with Gasteiger partial charge >= 0.3 is 7.57 Å². The average Bonchev–Trinajstić information content (AvgIpc) is 1.58. The molecule has 0 atom stereocenters. The molecule has 0 aromatic carbocycles. The first kappa shape index (κ1) is 10.4. The summed E-state index contributed by atoms with van der Waals surface area (Å²) in [5, 5.41) is 0. The third kappa shape index (κ3) is 6.53. The molecule has 2 radical (unpaired) electrons. The molecule has 0 fully saturated rings. The molecule has 0 saturated carbocycles. The Bertz CT molecular complexity index is 77.8. The highest BCUT2D eigenvalue weighted by molar-refractivity contribution is 7.74. The minimum Gasteiger partial charge on any atom is -0.226 e. The quantitative estimate of drug-likeness (QED) is 0.463. The molecule has 0 rings (SSSR count). The zero-order valence-corrected chi connectivity index (χ0v) is 8.05. The van der Waals surface area contributed by atoms with Crippen LogP contribution in [0, 0.1) is 0 Å². The van der Waals surface area contributed by atoms with Crippen molar-refractivity contribution in [3.05, 3.63) is 0 Å². The lowest BCUT2D eigenvalue weighted by molar-refractivity contribution is 0.187. The van der Waals surface area contributed by atoms with Crippen molar-refractivity contribution in [2.45, 2.75) is 39.9 Å². The Kier molecular flexibility index (Phi) is 5.33. The fraction of sp³-hybridized carbons (Fsp3) is 1.00. The number of hydrogen-bond donors (Lipinski definition) is 0. The van der Waals surface area contributed by atoms with Crippen LogP contribution in [0.4, 0.5) is 0 Å². The summed E-state index contributed by atoms with van der Waals surface area (Å²) < 4.78 is 10.4. The predicted octanol–water partition coefficient (Wildman–Crippen LogP) is 1.96. The van der Waals surface area contributed by atoms with E-state index in [1.54, 1.807) is 0 Å². The lowest BCUT2D eigenvalue weighted by atomic mass is 10.5. The minimum absolute atomic E-state index is 0.164. The Morgan fingerprint density at radius 2 is 1.30 bits per heavy atom. The summed E-state index contributed by atoms with van der Waals surface area (Å²) in [6.45, 7) is 7.78. The first-order chi connectivity index (χ1) is 4.52. The van der Waals surface area contributed by atoms with E-state index in [0.717, 1.165) is 0 Å². The van der Waals surface area contributed by atoms with Gasteiger partial charge in [0.05, 0.1) is 12.2 Å². The van der Waals surface area contributed by atoms with Gasteiger partial charge in [0.15, 0.2) is 0 Å². The van der Waals surface area contributed by atoms with Gasteiger partial charge < -0.3 is 0 Å². The Labute approximate surface area is 65.6 Å². The summed E-state index contributed by atoms with van der Waals surface area (Å²) >= 11 is 0. The maximum absolute atomic E-state index is 5.53. The third-order valence-corrected chi connectivity index (χ3v) is 2.11. The molecular weight excluding hydrogens is 146 g/mol. The van der Waals surface area contributed by atoms with E-state index in [-0.39, 0.29) is 12.2 Å². The zero-order valence-electron chi connectivity index (χ0n) is 7.05. The van der Waals surface area contributed by atoms with Crippen molar-refractivity contribution < 1.29 is 9.05 Å². The van der Waals surface area contributed by atoms with Gasteiger partial charge in [0.2, 0.25) is 8.25 Å². The maximum Gasteiger partial charge on any atom is 0.440 e. The molecule has 0 N–H and O–H groups in total. The monoisotopic (exact) mass is 161 g/mol. The molecule has 0 unspecified atom stereocenters. The van der Waals surface area contributed by atoms with E-state index in [2.05, 4.69) is 0 Å². The van der Waals surface area contributed by atoms with Crippen molar-refractivity contribution in [1.29, 1.82) is 0 Å². The number of rotatable bonds is 4. The smallest absolute Gasteiger partial charge is 0.226 e. The molecule has 4 heteroatoms. The Morgan fingerprint density at radius 3 is 1.50 bits per heavy atom. The Morgan fingerprint density at radius 1 is 1.00 bits per heavy atom. The fourth-order valence-corrected chi connectivity index (χ4v) is 1.48. The first-order valence-corrected chi connectivity index (χ1v) is 4.87. The highest BCUT2D eigenvalue weighted by Crippen LogP contribution is 2.34. The van der Waals surface area contributed by atoms with Crippen molar-refractivity contribution in [1.82, 2.24) is 0 Å². The highest BCUT2D eigenvalue weighted by Gasteiger charge is 2.15. The van der Waals surface area contributed by atoms with Gasteiger partial charge in [0.25, 0.3) is 0 Å². The minimum atomic E-state index is -1.49. The van der Waals surface area contributed by atoms with E-state index >= 15 is 0 Å². The molecule has 0 aliphatic heterocycles. The van der Waals surface area contributed by atoms with Gasteiger partial charge in [0, 0.05) is 0 Å². The third-order valence-electron chi connectivity index (χ3n) is 0.704. The standard InChI is InChI=1S/C6H15BO2P/c1-5(2)8-10(7)9-6(3)4/h5-6,10H,1-4H3/q+1. The lowest BCUT2D eigenvalue weighted by Crippen LogP contribution is -2.03. The van der Waals surface area contributed by atoms with Crippen LogP contribution in [0.25, 0.3) is 0 Å². The molecule has 0 aliphatic carbocycles. The van der Waals surface area contributed by atoms with Gasteiger partial charge in [-0.25, -0.2) is 9.05 Å². The van der Waals surface area contributed by atoms with Crippen LogP contribution < -0.4 is 0 Å². The van der Waals surface area contributed by atoms with Crippen molar-refractivity contribution in [2.75, 3.05) is 0 Å². The van der Waals surface area contributed by atoms with Gasteiger partial charge in [-0.3, -0.25) is 0 Å². The van der Waals surface area contributed by atoms with E-state index in [0.29, 0.717) is 0 Å². The molecule has 0 aromatic heterocycles. The van der Waals surface area contributed by atoms with Crippen LogP contribution in [-0.4, -0.2) is 19.8 Å². The summed E-state index contributed by atoms with van der Waals surface area (Å²) in [6, 6.07) is 0. The second-order valence-electron chi connectivity index (χ2n) is 2.65. The van der Waals surface area contributed by atoms with Crippen LogP contribution in [-0.2, 0) is 9.05 Å². The molecule has 0 amide bonds. The van der Waals surface area contributed by atoms with Crippen LogP contribution in [0.5, 0.6) is 0 Å². The van der Waals surface area contributed by atoms with Crippen molar-refractivity contribution in [3.63, 3.8) is 0 Å². The molecular formula is C6H15BO2P+. The molecule has 0 aliphatic rings. The topological polar surface area (TPSA) is 18.5 Å². The van der Waals surface area contributed by atoms with Gasteiger partial charge in [-0.05, 0) is 27.7 Å². The van der Waals surface area contributed by atoms with E-state index in [1.807, 2.05) is 27.7 Å². The predicted molar refractivity (Wildman–Crippen MR) is 46.5 cm³/mol. The molecule has 58 valence electrons. The average molecular weight is 161 g/mol. The molecule has 10 heavy (non-hydrogen) atoms. The second kappa shape index (κ2) is 5.12. The zero-order chi connectivity index (χ0) is 8.15. The Balaban J connectivity index is 3.34. The maximum atomic E-state index is 5.53. The normalized spacial score (nSPS) is 11.9. The van der Waals surface area contributed by atoms with E-state index in [1.165, 1.54) is 0 Å². The molecule has 0 aromatic rings. The van der Waals surface area contributed by atoms with Gasteiger partial charge in [-0.2, -0.15) is 0 Å². The summed E-state index contributed by atoms with van der Waals surface area (Å²) in [5.74, 6) is 0. The lowest BCUT2D eigenvalue weighted by Gasteiger charge is -2.09. The first-order valence-electron chi connectivity index (χ1n) is 3.48. The van der Waals surface area contributed by atoms with Crippen molar-refractivity contribution >= 4 is 15.8 Å². The summed E-state index contributed by atoms with van der Waals surface area (Å²) in [6.07, 6.45) is 0.329. The SMILES string of the molecule is [B][PH+](OC(C)C)OC(C)C. The van der Waals surface area contributed by atoms with Crippen molar-refractivity contribution in [3.8, 4) is 0 Å². The molecule has 0 spiro atoms. The van der Waals surface area contributed by atoms with E-state index < -0.39 is 8.25 Å². The molecule has 0 saturated heterocycles. The second-order valence-corrected chi connectivity index (χ2v) is 3.76.